The molecule has 0 spiro atoms. The van der Waals surface area contributed by atoms with E-state index in [0.29, 0.717) is 5.54 Å². The van der Waals surface area contributed by atoms with Crippen LogP contribution in [0.4, 0.5) is 0 Å². The first-order chi connectivity index (χ1) is 8.66. The number of imidazole rings is 1. The van der Waals surface area contributed by atoms with Gasteiger partial charge in [0.25, 0.3) is 0 Å². The smallest absolute Gasteiger partial charge is 0.0953 e. The van der Waals surface area contributed by atoms with Crippen LogP contribution in [0.3, 0.4) is 0 Å². The molecule has 3 heteroatoms. The van der Waals surface area contributed by atoms with Gasteiger partial charge in [-0.05, 0) is 63.2 Å². The average Bonchev–Trinajstić information content (AvgIpc) is 2.76. The summed E-state index contributed by atoms with van der Waals surface area (Å²) in [6.45, 7) is 2.08. The molecule has 0 amide bonds. The molecule has 4 saturated carbocycles. The first-order valence-electron chi connectivity index (χ1n) is 7.44. The lowest BCUT2D eigenvalue weighted by atomic mass is 9.53. The van der Waals surface area contributed by atoms with Crippen LogP contribution in [0, 0.1) is 17.8 Å². The predicted molar refractivity (Wildman–Crippen MR) is 71.0 cm³/mol. The zero-order valence-corrected chi connectivity index (χ0v) is 11.2. The van der Waals surface area contributed by atoms with Crippen LogP contribution in [-0.4, -0.2) is 9.55 Å². The molecule has 1 aromatic rings. The van der Waals surface area contributed by atoms with Crippen molar-refractivity contribution >= 4 is 0 Å². The van der Waals surface area contributed by atoms with Crippen molar-refractivity contribution in [2.45, 2.75) is 57.0 Å². The summed E-state index contributed by atoms with van der Waals surface area (Å²) in [7, 11) is 0. The van der Waals surface area contributed by atoms with Crippen molar-refractivity contribution in [3.8, 4) is 0 Å². The summed E-state index contributed by atoms with van der Waals surface area (Å²) >= 11 is 0. The second-order valence-electron chi connectivity index (χ2n) is 7.12. The second kappa shape index (κ2) is 3.60. The number of rotatable bonds is 2. The zero-order valence-electron chi connectivity index (χ0n) is 11.2. The minimum atomic E-state index is 0.0977. The second-order valence-corrected chi connectivity index (χ2v) is 7.12. The van der Waals surface area contributed by atoms with Gasteiger partial charge in [-0.3, -0.25) is 0 Å². The molecule has 4 fully saturated rings. The van der Waals surface area contributed by atoms with Crippen LogP contribution in [-0.2, 0) is 5.54 Å². The summed E-state index contributed by atoms with van der Waals surface area (Å²) in [5, 5.41) is 0. The van der Waals surface area contributed by atoms with Crippen LogP contribution >= 0.6 is 0 Å². The van der Waals surface area contributed by atoms with Crippen LogP contribution in [0.25, 0.3) is 0 Å². The van der Waals surface area contributed by atoms with E-state index in [-0.39, 0.29) is 6.04 Å². The van der Waals surface area contributed by atoms with E-state index in [1.165, 1.54) is 44.2 Å². The highest BCUT2D eigenvalue weighted by molar-refractivity contribution is 5.13. The summed E-state index contributed by atoms with van der Waals surface area (Å²) < 4.78 is 2.46. The summed E-state index contributed by atoms with van der Waals surface area (Å²) in [5.74, 6) is 2.92. The number of nitrogens with zero attached hydrogens (tertiary/aromatic N) is 2. The lowest BCUT2D eigenvalue weighted by Crippen LogP contribution is -2.52. The molecule has 0 unspecified atom stereocenters. The van der Waals surface area contributed by atoms with E-state index in [4.69, 9.17) is 5.73 Å². The maximum Gasteiger partial charge on any atom is 0.0953 e. The zero-order chi connectivity index (χ0) is 12.3. The van der Waals surface area contributed by atoms with Crippen molar-refractivity contribution in [2.24, 2.45) is 23.5 Å². The highest BCUT2D eigenvalue weighted by Gasteiger charge is 2.52. The summed E-state index contributed by atoms with van der Waals surface area (Å²) in [6, 6.07) is 0.0977. The third kappa shape index (κ3) is 1.43. The van der Waals surface area contributed by atoms with Crippen molar-refractivity contribution in [3.63, 3.8) is 0 Å². The van der Waals surface area contributed by atoms with E-state index in [9.17, 15) is 0 Å². The molecule has 1 heterocycles. The van der Waals surface area contributed by atoms with Crippen LogP contribution in [0.2, 0.25) is 0 Å². The Morgan fingerprint density at radius 2 is 1.78 bits per heavy atom. The quantitative estimate of drug-likeness (QED) is 0.870. The Balaban J connectivity index is 1.77. The van der Waals surface area contributed by atoms with Crippen molar-refractivity contribution in [3.05, 3.63) is 18.2 Å². The highest BCUT2D eigenvalue weighted by Crippen LogP contribution is 2.59. The molecular formula is C15H23N3. The van der Waals surface area contributed by atoms with Crippen molar-refractivity contribution in [1.82, 2.24) is 9.55 Å². The molecule has 5 rings (SSSR count). The Labute approximate surface area is 109 Å². The summed E-state index contributed by atoms with van der Waals surface area (Å²) in [5.41, 5.74) is 7.72. The highest BCUT2D eigenvalue weighted by atomic mass is 15.1. The van der Waals surface area contributed by atoms with Crippen LogP contribution < -0.4 is 5.73 Å². The molecule has 0 aliphatic heterocycles. The van der Waals surface area contributed by atoms with E-state index in [1.54, 1.807) is 0 Å². The number of hydrogen-bond donors (Lipinski definition) is 1. The van der Waals surface area contributed by atoms with Crippen LogP contribution in [0.1, 0.15) is 57.2 Å². The fourth-order valence-electron chi connectivity index (χ4n) is 5.40. The minimum absolute atomic E-state index is 0.0977. The first-order valence-corrected chi connectivity index (χ1v) is 7.44. The van der Waals surface area contributed by atoms with Gasteiger partial charge in [0.2, 0.25) is 0 Å². The third-order valence-corrected chi connectivity index (χ3v) is 5.65. The SMILES string of the molecule is C[C@@H](N)c1cncn1C12CC3CC(CC(C3)C1)C2. The van der Waals surface area contributed by atoms with Gasteiger partial charge in [0, 0.05) is 17.8 Å². The van der Waals surface area contributed by atoms with Gasteiger partial charge in [-0.2, -0.15) is 0 Å². The molecule has 0 aromatic carbocycles. The monoisotopic (exact) mass is 245 g/mol. The van der Waals surface area contributed by atoms with Crippen molar-refractivity contribution in [1.29, 1.82) is 0 Å². The molecule has 3 nitrogen and oxygen atoms in total. The first kappa shape index (κ1) is 11.0. The lowest BCUT2D eigenvalue weighted by Gasteiger charge is -2.57. The standard InChI is InChI=1S/C15H23N3/c1-10(16)14-8-17-9-18(14)15-5-11-2-12(6-15)4-13(3-11)7-15/h8-13H,2-7,16H2,1H3/t10-,11?,12?,13?,15?/m1/s1. The Morgan fingerprint density at radius 1 is 1.22 bits per heavy atom. The van der Waals surface area contributed by atoms with Crippen molar-refractivity contribution in [2.75, 3.05) is 0 Å². The summed E-state index contributed by atoms with van der Waals surface area (Å²) in [6.07, 6.45) is 12.6. The lowest BCUT2D eigenvalue weighted by molar-refractivity contribution is -0.0446. The van der Waals surface area contributed by atoms with Gasteiger partial charge in [0.05, 0.1) is 12.0 Å². The van der Waals surface area contributed by atoms with E-state index < -0.39 is 0 Å². The Bertz CT molecular complexity index is 425. The molecule has 98 valence electrons. The van der Waals surface area contributed by atoms with E-state index in [1.807, 2.05) is 12.5 Å². The van der Waals surface area contributed by atoms with E-state index in [0.717, 1.165) is 17.8 Å². The Morgan fingerprint density at radius 3 is 2.28 bits per heavy atom. The maximum atomic E-state index is 6.12. The van der Waals surface area contributed by atoms with E-state index >= 15 is 0 Å². The fraction of sp³-hybridized carbons (Fsp3) is 0.800. The number of hydrogen-bond acceptors (Lipinski definition) is 2. The Hall–Kier alpha value is -0.830. The largest absolute Gasteiger partial charge is 0.327 e. The molecular weight excluding hydrogens is 222 g/mol. The molecule has 0 saturated heterocycles. The molecule has 4 aliphatic rings. The van der Waals surface area contributed by atoms with Gasteiger partial charge in [0.1, 0.15) is 0 Å². The normalized spacial score (nSPS) is 43.3. The van der Waals surface area contributed by atoms with Crippen molar-refractivity contribution < 1.29 is 0 Å². The van der Waals surface area contributed by atoms with Crippen LogP contribution in [0.15, 0.2) is 12.5 Å². The fourth-order valence-corrected chi connectivity index (χ4v) is 5.40. The van der Waals surface area contributed by atoms with Gasteiger partial charge in [-0.25, -0.2) is 4.98 Å². The van der Waals surface area contributed by atoms with Gasteiger partial charge < -0.3 is 10.3 Å². The average molecular weight is 245 g/mol. The van der Waals surface area contributed by atoms with E-state index in [2.05, 4.69) is 16.5 Å². The molecule has 4 aliphatic carbocycles. The molecule has 2 N–H and O–H groups in total. The van der Waals surface area contributed by atoms with Crippen LogP contribution in [0.5, 0.6) is 0 Å². The third-order valence-electron chi connectivity index (χ3n) is 5.65. The molecule has 1 aromatic heterocycles. The van der Waals surface area contributed by atoms with Gasteiger partial charge in [-0.1, -0.05) is 0 Å². The number of aromatic nitrogens is 2. The molecule has 4 bridgehead atoms. The van der Waals surface area contributed by atoms with Gasteiger partial charge >= 0.3 is 0 Å². The van der Waals surface area contributed by atoms with Gasteiger partial charge in [-0.15, -0.1) is 0 Å². The number of nitrogens with two attached hydrogens (primary N) is 1. The van der Waals surface area contributed by atoms with Gasteiger partial charge in [0.15, 0.2) is 0 Å². The molecule has 18 heavy (non-hydrogen) atoms. The molecule has 0 radical (unpaired) electrons. The maximum absolute atomic E-state index is 6.12. The minimum Gasteiger partial charge on any atom is -0.327 e. The molecule has 1 atom stereocenters. The topological polar surface area (TPSA) is 43.8 Å². The summed E-state index contributed by atoms with van der Waals surface area (Å²) in [4.78, 5) is 4.38. The Kier molecular flexibility index (Phi) is 2.20. The predicted octanol–water partition coefficient (Wildman–Crippen LogP) is 2.83.